The van der Waals surface area contributed by atoms with Crippen molar-refractivity contribution in [2.24, 2.45) is 0 Å². The standard InChI is InChI=1S/C19H14F4O6/c20-18(21)28-14-7-3-12(16(9-14)29-19(22)23)4-8-15(24)11-1-5-13(6-2-11)27-10-17(25)26/h1-9,18-19H,10H2,(H,25,26)/b8-4+. The maximum Gasteiger partial charge on any atom is 0.387 e. The van der Waals surface area contributed by atoms with Crippen LogP contribution in [-0.2, 0) is 4.79 Å². The first-order chi connectivity index (χ1) is 13.7. The number of carbonyl (C=O) groups is 2. The van der Waals surface area contributed by atoms with Gasteiger partial charge in [0.25, 0.3) is 0 Å². The smallest absolute Gasteiger partial charge is 0.387 e. The zero-order chi connectivity index (χ0) is 21.4. The van der Waals surface area contributed by atoms with E-state index in [1.54, 1.807) is 0 Å². The van der Waals surface area contributed by atoms with Gasteiger partial charge < -0.3 is 19.3 Å². The molecule has 29 heavy (non-hydrogen) atoms. The Morgan fingerprint density at radius 1 is 0.931 bits per heavy atom. The molecule has 0 saturated heterocycles. The molecular formula is C19H14F4O6. The third-order valence-corrected chi connectivity index (χ3v) is 3.34. The van der Waals surface area contributed by atoms with Gasteiger partial charge in [-0.2, -0.15) is 17.6 Å². The van der Waals surface area contributed by atoms with Crippen LogP contribution in [0.4, 0.5) is 17.6 Å². The Kier molecular flexibility index (Phi) is 7.58. The van der Waals surface area contributed by atoms with E-state index in [2.05, 4.69) is 9.47 Å². The topological polar surface area (TPSA) is 82.1 Å². The molecule has 0 heterocycles. The number of halogens is 4. The maximum atomic E-state index is 12.6. The average molecular weight is 414 g/mol. The third kappa shape index (κ3) is 7.17. The summed E-state index contributed by atoms with van der Waals surface area (Å²) >= 11 is 0. The summed E-state index contributed by atoms with van der Waals surface area (Å²) in [6.07, 6.45) is 2.26. The number of hydrogen-bond acceptors (Lipinski definition) is 5. The summed E-state index contributed by atoms with van der Waals surface area (Å²) in [5.41, 5.74) is 0.264. The van der Waals surface area contributed by atoms with Gasteiger partial charge in [0.05, 0.1) is 0 Å². The largest absolute Gasteiger partial charge is 0.482 e. The van der Waals surface area contributed by atoms with E-state index < -0.39 is 37.3 Å². The van der Waals surface area contributed by atoms with E-state index in [1.807, 2.05) is 0 Å². The number of rotatable bonds is 10. The molecule has 0 aliphatic rings. The lowest BCUT2D eigenvalue weighted by atomic mass is 10.1. The van der Waals surface area contributed by atoms with E-state index in [-0.39, 0.29) is 22.6 Å². The van der Waals surface area contributed by atoms with Gasteiger partial charge in [0.15, 0.2) is 12.4 Å². The van der Waals surface area contributed by atoms with Crippen molar-refractivity contribution < 1.29 is 46.5 Å². The van der Waals surface area contributed by atoms with Crippen molar-refractivity contribution in [1.29, 1.82) is 0 Å². The second-order valence-electron chi connectivity index (χ2n) is 5.36. The highest BCUT2D eigenvalue weighted by atomic mass is 19.3. The molecule has 0 radical (unpaired) electrons. The minimum atomic E-state index is -3.21. The van der Waals surface area contributed by atoms with Crippen LogP contribution in [0.5, 0.6) is 17.2 Å². The Morgan fingerprint density at radius 2 is 1.55 bits per heavy atom. The number of ketones is 1. The first-order valence-electron chi connectivity index (χ1n) is 7.95. The van der Waals surface area contributed by atoms with Gasteiger partial charge in [-0.05, 0) is 48.6 Å². The molecule has 0 unspecified atom stereocenters. The minimum Gasteiger partial charge on any atom is -0.482 e. The predicted octanol–water partition coefficient (Wildman–Crippen LogP) is 4.25. The number of aliphatic carboxylic acids is 1. The number of carboxylic acid groups (broad SMARTS) is 1. The van der Waals surface area contributed by atoms with E-state index in [1.165, 1.54) is 36.4 Å². The van der Waals surface area contributed by atoms with Crippen LogP contribution in [-0.4, -0.2) is 36.7 Å². The molecule has 6 nitrogen and oxygen atoms in total. The first-order valence-corrected chi connectivity index (χ1v) is 7.95. The predicted molar refractivity (Wildman–Crippen MR) is 92.6 cm³/mol. The molecule has 2 rings (SSSR count). The molecule has 0 aromatic heterocycles. The summed E-state index contributed by atoms with van der Waals surface area (Å²) in [5.74, 6) is -2.23. The molecular weight excluding hydrogens is 400 g/mol. The zero-order valence-corrected chi connectivity index (χ0v) is 14.6. The van der Waals surface area contributed by atoms with Crippen molar-refractivity contribution in [3.8, 4) is 17.2 Å². The van der Waals surface area contributed by atoms with Crippen LogP contribution in [0.1, 0.15) is 15.9 Å². The lowest BCUT2D eigenvalue weighted by molar-refractivity contribution is -0.139. The molecule has 2 aromatic rings. The fraction of sp³-hybridized carbons (Fsp3) is 0.158. The number of alkyl halides is 4. The molecule has 154 valence electrons. The summed E-state index contributed by atoms with van der Waals surface area (Å²) in [6, 6.07) is 8.72. The highest BCUT2D eigenvalue weighted by molar-refractivity contribution is 6.07. The van der Waals surface area contributed by atoms with E-state index in [0.717, 1.165) is 18.2 Å². The Labute approximate surface area is 161 Å². The normalized spacial score (nSPS) is 11.1. The van der Waals surface area contributed by atoms with Gasteiger partial charge in [0, 0.05) is 17.2 Å². The fourth-order valence-corrected chi connectivity index (χ4v) is 2.15. The Morgan fingerprint density at radius 3 is 2.14 bits per heavy atom. The molecule has 1 N–H and O–H groups in total. The summed E-state index contributed by atoms with van der Waals surface area (Å²) in [6.45, 7) is -6.89. The van der Waals surface area contributed by atoms with E-state index in [0.29, 0.717) is 0 Å². The van der Waals surface area contributed by atoms with Crippen LogP contribution < -0.4 is 14.2 Å². The van der Waals surface area contributed by atoms with Crippen molar-refractivity contribution in [2.45, 2.75) is 13.2 Å². The minimum absolute atomic E-state index is 0.0432. The molecule has 0 atom stereocenters. The Hall–Kier alpha value is -3.56. The fourth-order valence-electron chi connectivity index (χ4n) is 2.15. The van der Waals surface area contributed by atoms with E-state index in [9.17, 15) is 27.2 Å². The van der Waals surface area contributed by atoms with Gasteiger partial charge in [0.1, 0.15) is 17.2 Å². The van der Waals surface area contributed by atoms with E-state index in [4.69, 9.17) is 9.84 Å². The van der Waals surface area contributed by atoms with Gasteiger partial charge in [0.2, 0.25) is 0 Å². The molecule has 0 spiro atoms. The van der Waals surface area contributed by atoms with Crippen molar-refractivity contribution in [1.82, 2.24) is 0 Å². The van der Waals surface area contributed by atoms with Gasteiger partial charge in [-0.1, -0.05) is 0 Å². The van der Waals surface area contributed by atoms with Crippen molar-refractivity contribution >= 4 is 17.8 Å². The van der Waals surface area contributed by atoms with Gasteiger partial charge in [-0.25, -0.2) is 4.79 Å². The number of allylic oxidation sites excluding steroid dienone is 1. The number of benzene rings is 2. The summed E-state index contributed by atoms with van der Waals surface area (Å²) in [7, 11) is 0. The van der Waals surface area contributed by atoms with Crippen LogP contribution in [0.2, 0.25) is 0 Å². The molecule has 2 aromatic carbocycles. The van der Waals surface area contributed by atoms with Crippen LogP contribution in [0.25, 0.3) is 6.08 Å². The third-order valence-electron chi connectivity index (χ3n) is 3.34. The van der Waals surface area contributed by atoms with Crippen LogP contribution in [0, 0.1) is 0 Å². The molecule has 0 saturated carbocycles. The second kappa shape index (κ2) is 10.1. The van der Waals surface area contributed by atoms with Crippen LogP contribution in [0.3, 0.4) is 0 Å². The molecule has 0 aliphatic carbocycles. The van der Waals surface area contributed by atoms with Crippen molar-refractivity contribution in [2.75, 3.05) is 6.61 Å². The molecule has 0 bridgehead atoms. The van der Waals surface area contributed by atoms with Gasteiger partial charge >= 0.3 is 19.2 Å². The first kappa shape index (κ1) is 21.7. The number of hydrogen-bond donors (Lipinski definition) is 1. The second-order valence-corrected chi connectivity index (χ2v) is 5.36. The lowest BCUT2D eigenvalue weighted by Gasteiger charge is -2.11. The molecule has 0 fully saturated rings. The Bertz CT molecular complexity index is 881. The molecule has 0 aliphatic heterocycles. The monoisotopic (exact) mass is 414 g/mol. The molecule has 10 heteroatoms. The number of carbonyl (C=O) groups excluding carboxylic acids is 1. The number of carboxylic acids is 1. The average Bonchev–Trinajstić information content (AvgIpc) is 2.65. The van der Waals surface area contributed by atoms with Crippen molar-refractivity contribution in [3.63, 3.8) is 0 Å². The van der Waals surface area contributed by atoms with Gasteiger partial charge in [-0.15, -0.1) is 0 Å². The molecule has 0 amide bonds. The summed E-state index contributed by atoms with van der Waals surface area (Å²) in [5, 5.41) is 8.54. The SMILES string of the molecule is O=C(O)COc1ccc(C(=O)/C=C/c2ccc(OC(F)F)cc2OC(F)F)cc1. The Balaban J connectivity index is 2.14. The summed E-state index contributed by atoms with van der Waals surface area (Å²) < 4.78 is 63.0. The summed E-state index contributed by atoms with van der Waals surface area (Å²) in [4.78, 5) is 22.7. The number of ether oxygens (including phenoxy) is 3. The highest BCUT2D eigenvalue weighted by Crippen LogP contribution is 2.28. The zero-order valence-electron chi connectivity index (χ0n) is 14.6. The van der Waals surface area contributed by atoms with Gasteiger partial charge in [-0.3, -0.25) is 4.79 Å². The van der Waals surface area contributed by atoms with Crippen LogP contribution >= 0.6 is 0 Å². The highest BCUT2D eigenvalue weighted by Gasteiger charge is 2.13. The maximum absolute atomic E-state index is 12.6. The lowest BCUT2D eigenvalue weighted by Crippen LogP contribution is -2.09. The van der Waals surface area contributed by atoms with E-state index >= 15 is 0 Å². The van der Waals surface area contributed by atoms with Crippen LogP contribution in [0.15, 0.2) is 48.5 Å². The quantitative estimate of drug-likeness (QED) is 0.356. The van der Waals surface area contributed by atoms with Crippen molar-refractivity contribution in [3.05, 3.63) is 59.7 Å².